The number of anilines is 1. The van der Waals surface area contributed by atoms with Crippen molar-refractivity contribution in [2.24, 2.45) is 0 Å². The van der Waals surface area contributed by atoms with Crippen LogP contribution in [-0.2, 0) is 20.2 Å². The van der Waals surface area contributed by atoms with Gasteiger partial charge in [0.25, 0.3) is 20.2 Å². The molecule has 11 heteroatoms. The third kappa shape index (κ3) is 4.54. The summed E-state index contributed by atoms with van der Waals surface area (Å²) in [6.45, 7) is 0. The molecule has 0 spiro atoms. The van der Waals surface area contributed by atoms with E-state index in [9.17, 15) is 27.0 Å². The number of hydrogen-bond acceptors (Lipinski definition) is 7. The van der Waals surface area contributed by atoms with Gasteiger partial charge in [-0.25, -0.2) is 0 Å². The fourth-order valence-corrected chi connectivity index (χ4v) is 4.51. The van der Waals surface area contributed by atoms with Gasteiger partial charge in [0.15, 0.2) is 0 Å². The Kier molecular flexibility index (Phi) is 5.79. The van der Waals surface area contributed by atoms with Crippen LogP contribution in [0.25, 0.3) is 21.5 Å². The van der Waals surface area contributed by atoms with Crippen molar-refractivity contribution >= 4 is 47.5 Å². The molecule has 162 valence electrons. The molecule has 4 rings (SSSR count). The predicted molar refractivity (Wildman–Crippen MR) is 115 cm³/mol. The smallest absolute Gasteiger partial charge is 0.295 e. The van der Waals surface area contributed by atoms with Gasteiger partial charge in [0.2, 0.25) is 0 Å². The van der Waals surface area contributed by atoms with E-state index in [4.69, 9.17) is 14.8 Å². The number of aromatic hydroxyl groups is 2. The Bertz CT molecular complexity index is 1510. The van der Waals surface area contributed by atoms with E-state index >= 15 is 0 Å². The molecule has 0 aliphatic carbocycles. The molecule has 0 bridgehead atoms. The predicted octanol–water partition coefficient (Wildman–Crippen LogP) is 3.17. The zero-order valence-corrected chi connectivity index (χ0v) is 17.3. The quantitative estimate of drug-likeness (QED) is 0.170. The Morgan fingerprint density at radius 3 is 1.77 bits per heavy atom. The number of phenols is 2. The van der Waals surface area contributed by atoms with Crippen molar-refractivity contribution in [3.8, 4) is 11.5 Å². The highest BCUT2D eigenvalue weighted by Crippen LogP contribution is 2.34. The molecule has 0 unspecified atom stereocenters. The SMILES string of the molecule is Nc1c(O)cc(S(=O)(=O)O)c2ccccc12.O=S(=O)(O)c1cccc2cccc(O)c12. The molecule has 4 aromatic carbocycles. The second-order valence-electron chi connectivity index (χ2n) is 6.43. The number of fused-ring (bicyclic) bond motifs is 2. The van der Waals surface area contributed by atoms with Gasteiger partial charge in [0.1, 0.15) is 21.3 Å². The van der Waals surface area contributed by atoms with Crippen LogP contribution in [0, 0.1) is 0 Å². The summed E-state index contributed by atoms with van der Waals surface area (Å²) in [5.41, 5.74) is 5.69. The van der Waals surface area contributed by atoms with Crippen LogP contribution in [0.5, 0.6) is 11.5 Å². The van der Waals surface area contributed by atoms with E-state index in [1.165, 1.54) is 24.3 Å². The van der Waals surface area contributed by atoms with Crippen molar-refractivity contribution in [2.75, 3.05) is 5.73 Å². The number of phenolic OH excluding ortho intramolecular Hbond substituents is 2. The molecule has 6 N–H and O–H groups in total. The minimum atomic E-state index is -4.38. The minimum absolute atomic E-state index is 0.0861. The Morgan fingerprint density at radius 2 is 1.19 bits per heavy atom. The first-order chi connectivity index (χ1) is 14.4. The van der Waals surface area contributed by atoms with Crippen LogP contribution in [0.2, 0.25) is 0 Å². The lowest BCUT2D eigenvalue weighted by atomic mass is 10.1. The van der Waals surface area contributed by atoms with Gasteiger partial charge >= 0.3 is 0 Å². The highest BCUT2D eigenvalue weighted by molar-refractivity contribution is 7.86. The molecule has 31 heavy (non-hydrogen) atoms. The first kappa shape index (κ1) is 22.3. The molecule has 0 saturated carbocycles. The topological polar surface area (TPSA) is 175 Å². The van der Waals surface area contributed by atoms with Crippen molar-refractivity contribution in [3.63, 3.8) is 0 Å². The number of rotatable bonds is 2. The Morgan fingerprint density at radius 1 is 0.645 bits per heavy atom. The normalized spacial score (nSPS) is 11.8. The summed E-state index contributed by atoms with van der Waals surface area (Å²) >= 11 is 0. The van der Waals surface area contributed by atoms with Crippen LogP contribution in [0.1, 0.15) is 0 Å². The molecule has 9 nitrogen and oxygen atoms in total. The maximum atomic E-state index is 11.1. The monoisotopic (exact) mass is 463 g/mol. The zero-order chi connectivity index (χ0) is 23.0. The second-order valence-corrected chi connectivity index (χ2v) is 9.21. The largest absolute Gasteiger partial charge is 0.507 e. The van der Waals surface area contributed by atoms with Gasteiger partial charge < -0.3 is 15.9 Å². The van der Waals surface area contributed by atoms with Gasteiger partial charge in [-0.3, -0.25) is 9.11 Å². The lowest BCUT2D eigenvalue weighted by Gasteiger charge is -2.08. The highest BCUT2D eigenvalue weighted by Gasteiger charge is 2.18. The molecule has 0 atom stereocenters. The van der Waals surface area contributed by atoms with Crippen molar-refractivity contribution in [1.82, 2.24) is 0 Å². The molecule has 0 radical (unpaired) electrons. The van der Waals surface area contributed by atoms with Gasteiger partial charge in [-0.2, -0.15) is 16.8 Å². The third-order valence-electron chi connectivity index (χ3n) is 4.43. The summed E-state index contributed by atoms with van der Waals surface area (Å²) in [6.07, 6.45) is 0. The maximum absolute atomic E-state index is 11.1. The van der Waals surface area contributed by atoms with Crippen LogP contribution in [0.4, 0.5) is 5.69 Å². The average Bonchev–Trinajstić information content (AvgIpc) is 2.69. The van der Waals surface area contributed by atoms with Crippen molar-refractivity contribution < 1.29 is 36.2 Å². The van der Waals surface area contributed by atoms with E-state index in [-0.39, 0.29) is 37.7 Å². The summed E-state index contributed by atoms with van der Waals surface area (Å²) < 4.78 is 62.3. The molecule has 4 aromatic rings. The van der Waals surface area contributed by atoms with E-state index in [0.717, 1.165) is 6.07 Å². The van der Waals surface area contributed by atoms with Gasteiger partial charge in [-0.1, -0.05) is 48.5 Å². The van der Waals surface area contributed by atoms with Crippen molar-refractivity contribution in [3.05, 3.63) is 66.7 Å². The average molecular weight is 463 g/mol. The number of nitrogens with two attached hydrogens (primary N) is 1. The highest BCUT2D eigenvalue weighted by atomic mass is 32.2. The summed E-state index contributed by atoms with van der Waals surface area (Å²) in [4.78, 5) is -0.632. The molecule has 0 heterocycles. The molecular weight excluding hydrogens is 446 g/mol. The van der Waals surface area contributed by atoms with Gasteiger partial charge in [-0.05, 0) is 17.5 Å². The summed E-state index contributed by atoms with van der Waals surface area (Å²) in [5.74, 6) is -0.535. The van der Waals surface area contributed by atoms with E-state index < -0.39 is 20.2 Å². The van der Waals surface area contributed by atoms with E-state index in [2.05, 4.69) is 0 Å². The molecular formula is C20H17NO8S2. The van der Waals surface area contributed by atoms with Crippen LogP contribution >= 0.6 is 0 Å². The van der Waals surface area contributed by atoms with E-state index in [0.29, 0.717) is 10.8 Å². The molecule has 0 aromatic heterocycles. The summed E-state index contributed by atoms with van der Waals surface area (Å²) in [5, 5.41) is 20.4. The first-order valence-corrected chi connectivity index (χ1v) is 11.4. The third-order valence-corrected chi connectivity index (χ3v) is 6.22. The van der Waals surface area contributed by atoms with Gasteiger partial charge in [-0.15, -0.1) is 0 Å². The summed E-state index contributed by atoms with van der Waals surface area (Å²) in [6, 6.07) is 16.3. The fourth-order valence-electron chi connectivity index (χ4n) is 3.07. The van der Waals surface area contributed by atoms with Gasteiger partial charge in [0.05, 0.1) is 5.69 Å². The minimum Gasteiger partial charge on any atom is -0.507 e. The molecule has 0 saturated heterocycles. The standard InChI is InChI=1S/C10H9NO4S.C10H8O4S/c11-10-7-4-2-1-3-6(7)9(5-8(10)12)16(13,14)15;11-8-5-1-3-7-4-2-6-9(10(7)8)15(12,13)14/h1-5,12H,11H2,(H,13,14,15);1-6,11H,(H,12,13,14). The zero-order valence-electron chi connectivity index (χ0n) is 15.7. The lowest BCUT2D eigenvalue weighted by molar-refractivity contribution is 0.469. The van der Waals surface area contributed by atoms with Crippen LogP contribution in [0.3, 0.4) is 0 Å². The van der Waals surface area contributed by atoms with Crippen LogP contribution in [0.15, 0.2) is 76.5 Å². The van der Waals surface area contributed by atoms with E-state index in [1.807, 2.05) is 0 Å². The number of nitrogen functional groups attached to an aromatic ring is 1. The number of hydrogen-bond donors (Lipinski definition) is 5. The first-order valence-electron chi connectivity index (χ1n) is 8.57. The molecule has 0 fully saturated rings. The summed E-state index contributed by atoms with van der Waals surface area (Å²) in [7, 11) is -8.70. The van der Waals surface area contributed by atoms with Crippen molar-refractivity contribution in [2.45, 2.75) is 9.79 Å². The molecule has 0 amide bonds. The van der Waals surface area contributed by atoms with Crippen LogP contribution in [-0.4, -0.2) is 36.2 Å². The Labute approximate surface area is 177 Å². The van der Waals surface area contributed by atoms with Gasteiger partial charge in [0, 0.05) is 22.2 Å². The Balaban J connectivity index is 0.000000176. The number of benzene rings is 4. The maximum Gasteiger partial charge on any atom is 0.295 e. The fraction of sp³-hybridized carbons (Fsp3) is 0. The molecule has 0 aliphatic heterocycles. The van der Waals surface area contributed by atoms with Crippen molar-refractivity contribution in [1.29, 1.82) is 0 Å². The molecule has 0 aliphatic rings. The Hall–Kier alpha value is -3.38. The van der Waals surface area contributed by atoms with Crippen LogP contribution < -0.4 is 5.73 Å². The van der Waals surface area contributed by atoms with E-state index in [1.54, 1.807) is 36.4 Å². The second kappa shape index (κ2) is 8.04. The lowest BCUT2D eigenvalue weighted by Crippen LogP contribution is -2.00.